The van der Waals surface area contributed by atoms with Crippen LogP contribution in [0.25, 0.3) is 10.9 Å². The largest absolute Gasteiger partial charge is 0.295 e. The lowest BCUT2D eigenvalue weighted by Gasteiger charge is -2.15. The van der Waals surface area contributed by atoms with Gasteiger partial charge in [0.2, 0.25) is 0 Å². The molecule has 0 unspecified atom stereocenters. The first-order valence-corrected chi connectivity index (χ1v) is 7.45. The third kappa shape index (κ3) is 2.64. The predicted octanol–water partition coefficient (Wildman–Crippen LogP) is 3.21. The molecular formula is C18H19N3O. The van der Waals surface area contributed by atoms with E-state index in [1.54, 1.807) is 10.9 Å². The number of aromatic nitrogens is 3. The van der Waals surface area contributed by atoms with Crippen molar-refractivity contribution in [2.24, 2.45) is 0 Å². The Bertz CT molecular complexity index is 883. The highest BCUT2D eigenvalue weighted by Gasteiger charge is 2.12. The van der Waals surface area contributed by atoms with E-state index in [1.165, 1.54) is 0 Å². The van der Waals surface area contributed by atoms with Gasteiger partial charge in [0.25, 0.3) is 5.56 Å². The number of pyridine rings is 1. The number of benzene rings is 1. The molecule has 0 aliphatic carbocycles. The van der Waals surface area contributed by atoms with Crippen molar-refractivity contribution in [3.63, 3.8) is 0 Å². The number of nitrogens with zero attached hydrogens (tertiary/aromatic N) is 3. The quantitative estimate of drug-likeness (QED) is 0.745. The summed E-state index contributed by atoms with van der Waals surface area (Å²) in [5, 5.41) is 0.703. The van der Waals surface area contributed by atoms with Gasteiger partial charge in [-0.3, -0.25) is 14.3 Å². The Morgan fingerprint density at radius 2 is 1.91 bits per heavy atom. The van der Waals surface area contributed by atoms with E-state index < -0.39 is 0 Å². The van der Waals surface area contributed by atoms with Crippen molar-refractivity contribution in [3.8, 4) is 0 Å². The zero-order valence-corrected chi connectivity index (χ0v) is 13.1. The Labute approximate surface area is 129 Å². The van der Waals surface area contributed by atoms with Crippen molar-refractivity contribution in [1.29, 1.82) is 0 Å². The van der Waals surface area contributed by atoms with Crippen LogP contribution in [0, 0.1) is 13.8 Å². The molecule has 0 radical (unpaired) electrons. The SMILES string of the molecule is Cc1cccc(C[C@@H](C)n2cnc3cccc(C)c3c2=O)n1. The molecule has 0 aliphatic heterocycles. The fourth-order valence-corrected chi connectivity index (χ4v) is 2.77. The Kier molecular flexibility index (Phi) is 3.75. The summed E-state index contributed by atoms with van der Waals surface area (Å²) in [6.45, 7) is 5.95. The molecule has 0 fully saturated rings. The van der Waals surface area contributed by atoms with Crippen molar-refractivity contribution in [2.75, 3.05) is 0 Å². The molecule has 4 nitrogen and oxygen atoms in total. The first-order valence-electron chi connectivity index (χ1n) is 7.45. The molecule has 0 bridgehead atoms. The molecule has 0 spiro atoms. The van der Waals surface area contributed by atoms with Crippen molar-refractivity contribution in [2.45, 2.75) is 33.2 Å². The number of aryl methyl sites for hydroxylation is 2. The first kappa shape index (κ1) is 14.4. The summed E-state index contributed by atoms with van der Waals surface area (Å²) in [4.78, 5) is 21.7. The fraction of sp³-hybridized carbons (Fsp3) is 0.278. The van der Waals surface area contributed by atoms with E-state index in [2.05, 4.69) is 9.97 Å². The maximum atomic E-state index is 12.8. The minimum atomic E-state index is 0.0123. The van der Waals surface area contributed by atoms with Crippen LogP contribution in [0.1, 0.15) is 29.9 Å². The van der Waals surface area contributed by atoms with Gasteiger partial charge in [-0.05, 0) is 44.5 Å². The standard InChI is InChI=1S/C18H19N3O/c1-12-6-4-9-16-17(12)18(22)21(11-19-16)14(3)10-15-8-5-7-13(2)20-15/h4-9,11,14H,10H2,1-3H3/t14-/m1/s1. The molecule has 0 amide bonds. The van der Waals surface area contributed by atoms with E-state index in [0.717, 1.165) is 22.5 Å². The van der Waals surface area contributed by atoms with Crippen LogP contribution >= 0.6 is 0 Å². The molecule has 3 rings (SSSR count). The highest BCUT2D eigenvalue weighted by Crippen LogP contribution is 2.15. The van der Waals surface area contributed by atoms with E-state index in [-0.39, 0.29) is 11.6 Å². The number of hydrogen-bond donors (Lipinski definition) is 0. The minimum absolute atomic E-state index is 0.0123. The van der Waals surface area contributed by atoms with Crippen molar-refractivity contribution in [1.82, 2.24) is 14.5 Å². The van der Waals surface area contributed by atoms with Crippen LogP contribution in [0.4, 0.5) is 0 Å². The van der Waals surface area contributed by atoms with Crippen LogP contribution in [-0.4, -0.2) is 14.5 Å². The zero-order valence-electron chi connectivity index (χ0n) is 13.1. The lowest BCUT2D eigenvalue weighted by molar-refractivity contribution is 0.517. The molecule has 1 aromatic carbocycles. The van der Waals surface area contributed by atoms with Gasteiger partial charge in [-0.2, -0.15) is 0 Å². The van der Waals surface area contributed by atoms with Crippen LogP contribution in [0.2, 0.25) is 0 Å². The molecule has 0 saturated heterocycles. The monoisotopic (exact) mass is 293 g/mol. The predicted molar refractivity (Wildman–Crippen MR) is 88.1 cm³/mol. The van der Waals surface area contributed by atoms with Crippen molar-refractivity contribution in [3.05, 3.63) is 70.0 Å². The lowest BCUT2D eigenvalue weighted by Crippen LogP contribution is -2.25. The minimum Gasteiger partial charge on any atom is -0.295 e. The highest BCUT2D eigenvalue weighted by atomic mass is 16.1. The van der Waals surface area contributed by atoms with Gasteiger partial charge in [0, 0.05) is 23.9 Å². The maximum Gasteiger partial charge on any atom is 0.261 e. The summed E-state index contributed by atoms with van der Waals surface area (Å²) < 4.78 is 1.71. The summed E-state index contributed by atoms with van der Waals surface area (Å²) in [6, 6.07) is 11.7. The first-order chi connectivity index (χ1) is 10.6. The van der Waals surface area contributed by atoms with Crippen LogP contribution < -0.4 is 5.56 Å². The van der Waals surface area contributed by atoms with Crippen LogP contribution in [0.15, 0.2) is 47.5 Å². The van der Waals surface area contributed by atoms with Gasteiger partial charge >= 0.3 is 0 Å². The molecule has 1 atom stereocenters. The van der Waals surface area contributed by atoms with Crippen molar-refractivity contribution < 1.29 is 0 Å². The molecule has 0 aliphatic rings. The molecule has 3 aromatic rings. The highest BCUT2D eigenvalue weighted by molar-refractivity contribution is 5.80. The van der Waals surface area contributed by atoms with Gasteiger partial charge in [-0.25, -0.2) is 4.98 Å². The molecule has 0 saturated carbocycles. The Hall–Kier alpha value is -2.49. The van der Waals surface area contributed by atoms with Crippen LogP contribution in [-0.2, 0) is 6.42 Å². The van der Waals surface area contributed by atoms with Crippen LogP contribution in [0.5, 0.6) is 0 Å². The molecule has 4 heteroatoms. The zero-order chi connectivity index (χ0) is 15.7. The van der Waals surface area contributed by atoms with Gasteiger partial charge in [0.15, 0.2) is 0 Å². The third-order valence-corrected chi connectivity index (χ3v) is 3.95. The lowest BCUT2D eigenvalue weighted by atomic mass is 10.1. The molecule has 2 heterocycles. The van der Waals surface area contributed by atoms with E-state index in [1.807, 2.05) is 57.2 Å². The third-order valence-electron chi connectivity index (χ3n) is 3.95. The fourth-order valence-electron chi connectivity index (χ4n) is 2.77. The van der Waals surface area contributed by atoms with Crippen LogP contribution in [0.3, 0.4) is 0 Å². The Morgan fingerprint density at radius 1 is 1.14 bits per heavy atom. The molecule has 2 aromatic heterocycles. The van der Waals surface area contributed by atoms with E-state index in [9.17, 15) is 4.79 Å². The summed E-state index contributed by atoms with van der Waals surface area (Å²) in [7, 11) is 0. The molecular weight excluding hydrogens is 274 g/mol. The molecule has 112 valence electrons. The summed E-state index contributed by atoms with van der Waals surface area (Å²) in [5.74, 6) is 0. The average molecular weight is 293 g/mol. The topological polar surface area (TPSA) is 47.8 Å². The number of rotatable bonds is 3. The summed E-state index contributed by atoms with van der Waals surface area (Å²) in [5.41, 5.74) is 3.71. The van der Waals surface area contributed by atoms with Gasteiger partial charge in [-0.1, -0.05) is 18.2 Å². The second-order valence-corrected chi connectivity index (χ2v) is 5.75. The van der Waals surface area contributed by atoms with E-state index >= 15 is 0 Å². The number of fused-ring (bicyclic) bond motifs is 1. The van der Waals surface area contributed by atoms with Gasteiger partial charge in [0.05, 0.1) is 17.2 Å². The maximum absolute atomic E-state index is 12.8. The summed E-state index contributed by atoms with van der Waals surface area (Å²) in [6.07, 6.45) is 2.35. The Morgan fingerprint density at radius 3 is 2.68 bits per heavy atom. The number of hydrogen-bond acceptors (Lipinski definition) is 3. The van der Waals surface area contributed by atoms with E-state index in [0.29, 0.717) is 11.8 Å². The second-order valence-electron chi connectivity index (χ2n) is 5.75. The van der Waals surface area contributed by atoms with Crippen molar-refractivity contribution >= 4 is 10.9 Å². The van der Waals surface area contributed by atoms with Gasteiger partial charge in [0.1, 0.15) is 0 Å². The molecule has 0 N–H and O–H groups in total. The van der Waals surface area contributed by atoms with Gasteiger partial charge < -0.3 is 0 Å². The smallest absolute Gasteiger partial charge is 0.261 e. The molecule has 22 heavy (non-hydrogen) atoms. The van der Waals surface area contributed by atoms with Gasteiger partial charge in [-0.15, -0.1) is 0 Å². The van der Waals surface area contributed by atoms with E-state index in [4.69, 9.17) is 0 Å². The second kappa shape index (κ2) is 5.72. The normalized spacial score (nSPS) is 12.5. The average Bonchev–Trinajstić information content (AvgIpc) is 2.47. The Balaban J connectivity index is 2.01. The summed E-state index contributed by atoms with van der Waals surface area (Å²) >= 11 is 0.